The summed E-state index contributed by atoms with van der Waals surface area (Å²) in [4.78, 5) is 41.0. The Morgan fingerprint density at radius 2 is 1.34 bits per heavy atom. The van der Waals surface area contributed by atoms with Gasteiger partial charge in [0.2, 0.25) is 35.4 Å². The number of aromatic nitrogens is 9. The molecule has 0 atom stereocenters. The lowest BCUT2D eigenvalue weighted by molar-refractivity contribution is -0.0749. The summed E-state index contributed by atoms with van der Waals surface area (Å²) in [6.07, 6.45) is 21.6. The van der Waals surface area contributed by atoms with Crippen molar-refractivity contribution in [1.29, 1.82) is 0 Å². The summed E-state index contributed by atoms with van der Waals surface area (Å²) >= 11 is 6.21. The number of aliphatic hydroxyl groups is 1. The van der Waals surface area contributed by atoms with Crippen molar-refractivity contribution < 1.29 is 28.4 Å². The molecule has 0 amide bonds. The molecule has 2 saturated heterocycles. The van der Waals surface area contributed by atoms with Crippen LogP contribution >= 0.6 is 11.6 Å². The third-order valence-corrected chi connectivity index (χ3v) is 18.7. The van der Waals surface area contributed by atoms with Crippen LogP contribution in [0.5, 0.6) is 17.6 Å². The van der Waals surface area contributed by atoms with E-state index in [-0.39, 0.29) is 5.88 Å². The lowest BCUT2D eigenvalue weighted by atomic mass is 9.49. The third-order valence-electron chi connectivity index (χ3n) is 18.4. The van der Waals surface area contributed by atoms with Gasteiger partial charge < -0.3 is 54.7 Å². The van der Waals surface area contributed by atoms with Crippen molar-refractivity contribution in [2.45, 2.75) is 137 Å². The van der Waals surface area contributed by atoms with Crippen LogP contribution in [-0.2, 0) is 10.4 Å². The molecule has 12 rings (SSSR count). The summed E-state index contributed by atoms with van der Waals surface area (Å²) in [5.41, 5.74) is 3.85. The highest BCUT2D eigenvalue weighted by atomic mass is 35.5. The largest absolute Gasteiger partial charge is 0.477 e. The van der Waals surface area contributed by atoms with Crippen molar-refractivity contribution in [3.63, 3.8) is 0 Å². The van der Waals surface area contributed by atoms with Crippen molar-refractivity contribution in [1.82, 2.24) is 49.6 Å². The number of anilines is 8. The normalized spacial score (nSPS) is 24.3. The van der Waals surface area contributed by atoms with Gasteiger partial charge in [0, 0.05) is 76.8 Å². The predicted molar refractivity (Wildman–Crippen MR) is 346 cm³/mol. The monoisotopic (exact) mass is 1240 g/mol. The molecule has 6 aromatic rings. The van der Waals surface area contributed by atoms with Gasteiger partial charge in [0.25, 0.3) is 5.88 Å². The molecule has 89 heavy (non-hydrogen) atoms. The summed E-state index contributed by atoms with van der Waals surface area (Å²) in [5.74, 6) is 5.64. The number of rotatable bonds is 19. The Balaban J connectivity index is 0.000000147. The zero-order valence-corrected chi connectivity index (χ0v) is 53.7. The van der Waals surface area contributed by atoms with Gasteiger partial charge in [0.15, 0.2) is 0 Å². The topological polar surface area (TPSA) is 215 Å². The first-order valence-electron chi connectivity index (χ1n) is 32.0. The second-order valence-electron chi connectivity index (χ2n) is 26.2. The molecule has 4 saturated carbocycles. The first kappa shape index (κ1) is 64.8. The van der Waals surface area contributed by atoms with Gasteiger partial charge in [-0.15, -0.1) is 0 Å². The van der Waals surface area contributed by atoms with E-state index in [9.17, 15) is 9.50 Å². The van der Waals surface area contributed by atoms with Gasteiger partial charge in [-0.25, -0.2) is 26.5 Å². The summed E-state index contributed by atoms with van der Waals surface area (Å²) in [6.45, 7) is 32.0. The number of aryl methyl sites for hydroxylation is 1. The van der Waals surface area contributed by atoms with E-state index in [4.69, 9.17) is 37.1 Å². The van der Waals surface area contributed by atoms with Crippen LogP contribution in [0.15, 0.2) is 73.4 Å². The predicted octanol–water partition coefficient (Wildman–Crippen LogP) is 12.7. The molecule has 6 fully saturated rings. The molecule has 4 N–H and O–H groups in total. The van der Waals surface area contributed by atoms with Gasteiger partial charge in [-0.2, -0.15) is 29.1 Å². The molecule has 5 aromatic heterocycles. The molecule has 4 aliphatic carbocycles. The van der Waals surface area contributed by atoms with E-state index in [2.05, 4.69) is 114 Å². The smallest absolute Gasteiger partial charge is 0.319 e. The van der Waals surface area contributed by atoms with Gasteiger partial charge in [0.1, 0.15) is 10.8 Å². The summed E-state index contributed by atoms with van der Waals surface area (Å²) in [7, 11) is 0. The minimum absolute atomic E-state index is 0.0281. The lowest BCUT2D eigenvalue weighted by Crippen LogP contribution is -2.48. The SMILES string of the molecule is CC1CC2(C1)CC(COc1nc(Nc3ccc(N4CCOCC4)cc3)ncc1F)C2.CCN1CCN(c2ccc(Nc3nccc(OCC4CCC(C)CC4)n3)nc2)CC1.[C-]#[N+]C(C)(C)n1cc(Nc2ncc(Cl)c(OCC3CCC(C)(O)CC3)n2)c(C)n1. The van der Waals surface area contributed by atoms with Crippen molar-refractivity contribution >= 4 is 58.0 Å². The van der Waals surface area contributed by atoms with E-state index >= 15 is 0 Å². The summed E-state index contributed by atoms with van der Waals surface area (Å²) in [5, 5.41) is 24.3. The first-order valence-corrected chi connectivity index (χ1v) is 32.4. The zero-order chi connectivity index (χ0) is 62.5. The molecule has 0 bridgehead atoms. The molecule has 2 aliphatic heterocycles. The van der Waals surface area contributed by atoms with Crippen LogP contribution in [0.4, 0.5) is 50.8 Å². The van der Waals surface area contributed by atoms with Crippen molar-refractivity contribution in [3.8, 4) is 17.6 Å². The fourth-order valence-corrected chi connectivity index (χ4v) is 13.1. The van der Waals surface area contributed by atoms with Crippen LogP contribution in [-0.4, -0.2) is 139 Å². The number of likely N-dealkylation sites (N-methyl/N-ethyl adjacent to an activating group) is 1. The second-order valence-corrected chi connectivity index (χ2v) is 26.6. The van der Waals surface area contributed by atoms with Crippen LogP contribution < -0.4 is 40.0 Å². The number of halogens is 2. The molecule has 23 heteroatoms. The Labute approximate surface area is 529 Å². The van der Waals surface area contributed by atoms with E-state index in [1.807, 2.05) is 44.3 Å². The molecule has 0 unspecified atom stereocenters. The maximum Gasteiger partial charge on any atom is 0.319 e. The van der Waals surface area contributed by atoms with Crippen LogP contribution in [0.3, 0.4) is 0 Å². The lowest BCUT2D eigenvalue weighted by Gasteiger charge is -2.57. The Kier molecular flexibility index (Phi) is 21.6. The number of ether oxygens (including phenoxy) is 4. The second kappa shape index (κ2) is 29.6. The van der Waals surface area contributed by atoms with Crippen molar-refractivity contribution in [2.24, 2.45) is 35.0 Å². The maximum absolute atomic E-state index is 14.1. The highest BCUT2D eigenvalue weighted by molar-refractivity contribution is 6.31. The molecule has 1 spiro atoms. The van der Waals surface area contributed by atoms with E-state index in [0.717, 1.165) is 132 Å². The number of nitrogens with zero attached hydrogens (tertiary/aromatic N) is 13. The Morgan fingerprint density at radius 1 is 0.708 bits per heavy atom. The average molecular weight is 1240 g/mol. The van der Waals surface area contributed by atoms with Crippen LogP contribution in [0.1, 0.15) is 124 Å². The number of pyridine rings is 1. The Hall–Kier alpha value is -7.19. The van der Waals surface area contributed by atoms with Gasteiger partial charge in [-0.3, -0.25) is 4.85 Å². The van der Waals surface area contributed by atoms with Crippen LogP contribution in [0.25, 0.3) is 4.85 Å². The summed E-state index contributed by atoms with van der Waals surface area (Å²) < 4.78 is 38.7. The fourth-order valence-electron chi connectivity index (χ4n) is 12.9. The standard InChI is InChI=1S/C23H29FN4O2.C23H34N6O.C20H27ClN6O2/c1-16-10-23(11-16)12-17(13-23)15-30-21-20(24)14-25-22(27-21)26-18-2-4-19(5-3-18)28-6-8-29-9-7-28;1-3-28-12-14-29(15-13-28)20-8-9-21(25-16-20)26-23-24-11-10-22(27-23)30-17-19-6-4-18(2)5-7-19;1-13-16(11-27(26-13)19(2,3)22-5)24-18-23-10-15(21)17(25-18)29-12-14-6-8-20(4,28)9-7-14/h2-5,14,16-17H,6-13,15H2,1H3,(H,25,26,27);8-11,16,18-19H,3-7,12-15,17H2,1-2H3,(H,24,25,26,27);10-11,14,28H,6-9,12H2,1-4H3,(H,23,24,25). The van der Waals surface area contributed by atoms with E-state index in [1.165, 1.54) is 63.8 Å². The van der Waals surface area contributed by atoms with E-state index < -0.39 is 17.1 Å². The molecule has 0 radical (unpaired) electrons. The van der Waals surface area contributed by atoms with Gasteiger partial charge in [-0.1, -0.05) is 45.2 Å². The number of hydrogen-bond acceptors (Lipinski definition) is 19. The van der Waals surface area contributed by atoms with E-state index in [0.29, 0.717) is 76.7 Å². The molecule has 478 valence electrons. The van der Waals surface area contributed by atoms with Crippen molar-refractivity contribution in [2.75, 3.05) is 105 Å². The number of hydrogen-bond donors (Lipinski definition) is 4. The molecule has 6 aliphatic rings. The number of piperazine rings is 1. The molecular weight excluding hydrogens is 1150 g/mol. The highest BCUT2D eigenvalue weighted by Crippen LogP contribution is 2.61. The Bertz CT molecular complexity index is 3250. The van der Waals surface area contributed by atoms with Crippen LogP contribution in [0, 0.1) is 54.3 Å². The molecular formula is C66H90ClFN16O5. The number of morpholine rings is 1. The minimum atomic E-state index is -0.773. The van der Waals surface area contributed by atoms with Gasteiger partial charge in [-0.05, 0) is 156 Å². The fraction of sp³-hybridized carbons (Fsp3) is 0.591. The van der Waals surface area contributed by atoms with E-state index in [1.54, 1.807) is 30.9 Å². The summed E-state index contributed by atoms with van der Waals surface area (Å²) in [6, 6.07) is 14.0. The Morgan fingerprint density at radius 3 is 2.02 bits per heavy atom. The third kappa shape index (κ3) is 18.0. The van der Waals surface area contributed by atoms with Crippen molar-refractivity contribution in [3.05, 3.63) is 101 Å². The first-order chi connectivity index (χ1) is 42.9. The maximum atomic E-state index is 14.1. The molecule has 21 nitrogen and oxygen atoms in total. The highest BCUT2D eigenvalue weighted by Gasteiger charge is 2.51. The van der Waals surface area contributed by atoms with Crippen LogP contribution in [0.2, 0.25) is 5.02 Å². The van der Waals surface area contributed by atoms with Gasteiger partial charge in [0.05, 0.1) is 80.5 Å². The quantitative estimate of drug-likeness (QED) is 0.0555. The molecule has 7 heterocycles. The number of benzene rings is 1. The number of nitrogens with one attached hydrogen (secondary N) is 3. The molecule has 1 aromatic carbocycles. The average Bonchev–Trinajstić information content (AvgIpc) is 1.35. The minimum Gasteiger partial charge on any atom is -0.477 e. The van der Waals surface area contributed by atoms with Gasteiger partial charge >= 0.3 is 5.66 Å². The zero-order valence-electron chi connectivity index (χ0n) is 52.9.